The number of hydrogen-bond acceptors (Lipinski definition) is 5. The minimum absolute atomic E-state index is 0.101. The number of ether oxygens (including phenoxy) is 3. The first-order valence-electron chi connectivity index (χ1n) is 16.1. The molecule has 1 N–H and O–H groups in total. The lowest BCUT2D eigenvalue weighted by Crippen LogP contribution is -2.52. The fraction of sp³-hybridized carbons (Fsp3) is 0.969. The molecule has 0 heterocycles. The van der Waals surface area contributed by atoms with E-state index >= 15 is 0 Å². The zero-order chi connectivity index (χ0) is 28.5. The summed E-state index contributed by atoms with van der Waals surface area (Å²) in [6.07, 6.45) is 21.0. The maximum atomic E-state index is 12.8. The molecule has 0 aromatic carbocycles. The van der Waals surface area contributed by atoms with Crippen molar-refractivity contribution in [1.29, 1.82) is 0 Å². The highest BCUT2D eigenvalue weighted by Gasteiger charge is 2.28. The van der Waals surface area contributed by atoms with Crippen LogP contribution in [0.3, 0.4) is 0 Å². The third-order valence-electron chi connectivity index (χ3n) is 7.00. The van der Waals surface area contributed by atoms with E-state index in [0.717, 1.165) is 58.2 Å². The molecule has 0 radical (unpaired) electrons. The van der Waals surface area contributed by atoms with Crippen LogP contribution >= 0.6 is 0 Å². The van der Waals surface area contributed by atoms with Crippen LogP contribution in [0.2, 0.25) is 0 Å². The van der Waals surface area contributed by atoms with Gasteiger partial charge in [0.25, 0.3) is 0 Å². The Bertz CT molecular complexity index is 516. The topological polar surface area (TPSA) is 60.0 Å². The summed E-state index contributed by atoms with van der Waals surface area (Å²) >= 11 is 0. The molecule has 38 heavy (non-hydrogen) atoms. The number of carbonyl (C=O) groups excluding carboxylic acids is 1. The Morgan fingerprint density at radius 3 is 1.66 bits per heavy atom. The molecule has 0 aromatic rings. The van der Waals surface area contributed by atoms with Crippen molar-refractivity contribution in [2.75, 3.05) is 33.5 Å². The van der Waals surface area contributed by atoms with E-state index in [1.165, 1.54) is 70.6 Å². The van der Waals surface area contributed by atoms with Gasteiger partial charge in [-0.15, -0.1) is 0 Å². The SMILES string of the molecule is CCCCCCCCCCCCCC[C@H](OCOC)[C@H](CN(CCCC)CCCC)NC(=O)OC(C)(C)C. The lowest BCUT2D eigenvalue weighted by atomic mass is 10.0. The van der Waals surface area contributed by atoms with E-state index in [4.69, 9.17) is 14.2 Å². The first-order valence-corrected chi connectivity index (χ1v) is 16.1. The Morgan fingerprint density at radius 2 is 1.21 bits per heavy atom. The van der Waals surface area contributed by atoms with Gasteiger partial charge in [0.2, 0.25) is 0 Å². The number of methoxy groups -OCH3 is 1. The van der Waals surface area contributed by atoms with E-state index in [2.05, 4.69) is 31.0 Å². The summed E-state index contributed by atoms with van der Waals surface area (Å²) in [7, 11) is 1.66. The van der Waals surface area contributed by atoms with Crippen molar-refractivity contribution < 1.29 is 19.0 Å². The largest absolute Gasteiger partial charge is 0.444 e. The van der Waals surface area contributed by atoms with Gasteiger partial charge >= 0.3 is 6.09 Å². The molecule has 228 valence electrons. The highest BCUT2D eigenvalue weighted by atomic mass is 16.7. The van der Waals surface area contributed by atoms with Crippen molar-refractivity contribution in [3.05, 3.63) is 0 Å². The quantitative estimate of drug-likeness (QED) is 0.0873. The molecule has 0 fully saturated rings. The Morgan fingerprint density at radius 1 is 0.737 bits per heavy atom. The van der Waals surface area contributed by atoms with Gasteiger partial charge < -0.3 is 24.4 Å². The molecule has 6 nitrogen and oxygen atoms in total. The Kier molecular flexibility index (Phi) is 24.6. The molecule has 6 heteroatoms. The normalized spacial score (nSPS) is 13.6. The van der Waals surface area contributed by atoms with Crippen molar-refractivity contribution in [2.45, 2.75) is 168 Å². The molecule has 0 bridgehead atoms. The first-order chi connectivity index (χ1) is 18.3. The second-order valence-corrected chi connectivity index (χ2v) is 12.0. The Balaban J connectivity index is 4.89. The standard InChI is InChI=1S/C32H66N2O4/c1-8-11-14-15-16-17-18-19-20-21-22-23-24-30(37-28-36-7)29(33-31(35)38-32(4,5)6)27-34(25-12-9-2)26-13-10-3/h29-30H,8-28H2,1-7H3,(H,33,35)/t29-,30-/m0/s1. The third kappa shape index (κ3) is 23.1. The van der Waals surface area contributed by atoms with Crippen LogP contribution in [0.5, 0.6) is 0 Å². The average molecular weight is 543 g/mol. The van der Waals surface area contributed by atoms with Gasteiger partial charge in [0.1, 0.15) is 12.4 Å². The third-order valence-corrected chi connectivity index (χ3v) is 7.00. The van der Waals surface area contributed by atoms with Crippen LogP contribution in [0, 0.1) is 0 Å². The fourth-order valence-corrected chi connectivity index (χ4v) is 4.79. The molecule has 0 unspecified atom stereocenters. The van der Waals surface area contributed by atoms with Crippen molar-refractivity contribution in [1.82, 2.24) is 10.2 Å². The molecule has 0 rings (SSSR count). The molecule has 0 aliphatic rings. The summed E-state index contributed by atoms with van der Waals surface area (Å²) in [5.41, 5.74) is -0.531. The minimum atomic E-state index is -0.531. The second kappa shape index (κ2) is 25.1. The molecule has 0 spiro atoms. The van der Waals surface area contributed by atoms with Gasteiger partial charge in [-0.1, -0.05) is 111 Å². The molecule has 0 saturated carbocycles. The summed E-state index contributed by atoms with van der Waals surface area (Å²) < 4.78 is 17.1. The molecule has 0 aliphatic carbocycles. The smallest absolute Gasteiger partial charge is 0.408 e. The van der Waals surface area contributed by atoms with Crippen molar-refractivity contribution in [3.63, 3.8) is 0 Å². The van der Waals surface area contributed by atoms with Gasteiger partial charge in [-0.05, 0) is 53.1 Å². The molecule has 0 aromatic heterocycles. The second-order valence-electron chi connectivity index (χ2n) is 12.0. The van der Waals surface area contributed by atoms with Crippen molar-refractivity contribution in [2.24, 2.45) is 0 Å². The van der Waals surface area contributed by atoms with Gasteiger partial charge in [-0.25, -0.2) is 4.79 Å². The zero-order valence-electron chi connectivity index (χ0n) is 26.6. The molecule has 1 amide bonds. The highest BCUT2D eigenvalue weighted by molar-refractivity contribution is 5.68. The summed E-state index contributed by atoms with van der Waals surface area (Å²) in [4.78, 5) is 15.3. The lowest BCUT2D eigenvalue weighted by Gasteiger charge is -2.33. The summed E-state index contributed by atoms with van der Waals surface area (Å²) in [6, 6.07) is -0.138. The Labute approximate surface area is 237 Å². The number of nitrogens with zero attached hydrogens (tertiary/aromatic N) is 1. The van der Waals surface area contributed by atoms with Crippen LogP contribution < -0.4 is 5.32 Å². The summed E-state index contributed by atoms with van der Waals surface area (Å²) in [5, 5.41) is 3.18. The number of alkyl carbamates (subject to hydrolysis) is 1. The van der Waals surface area contributed by atoms with Gasteiger partial charge in [0.15, 0.2) is 0 Å². The summed E-state index contributed by atoms with van der Waals surface area (Å²) in [5.74, 6) is 0. The molecular weight excluding hydrogens is 476 g/mol. The molecule has 0 saturated heterocycles. The number of carbonyl (C=O) groups is 1. The van der Waals surface area contributed by atoms with Crippen LogP contribution in [0.4, 0.5) is 4.79 Å². The number of hydrogen-bond donors (Lipinski definition) is 1. The minimum Gasteiger partial charge on any atom is -0.444 e. The van der Waals surface area contributed by atoms with Crippen LogP contribution in [0.15, 0.2) is 0 Å². The van der Waals surface area contributed by atoms with Gasteiger partial charge in [-0.3, -0.25) is 0 Å². The van der Waals surface area contributed by atoms with E-state index < -0.39 is 5.60 Å². The van der Waals surface area contributed by atoms with Crippen LogP contribution in [-0.2, 0) is 14.2 Å². The zero-order valence-corrected chi connectivity index (χ0v) is 26.6. The maximum Gasteiger partial charge on any atom is 0.408 e. The van der Waals surface area contributed by atoms with Gasteiger partial charge in [0.05, 0.1) is 12.1 Å². The number of unbranched alkanes of at least 4 members (excludes halogenated alkanes) is 13. The average Bonchev–Trinajstić information content (AvgIpc) is 2.86. The van der Waals surface area contributed by atoms with Crippen molar-refractivity contribution >= 4 is 6.09 Å². The van der Waals surface area contributed by atoms with E-state index in [1.54, 1.807) is 7.11 Å². The highest BCUT2D eigenvalue weighted by Crippen LogP contribution is 2.17. The first kappa shape index (κ1) is 37.1. The van der Waals surface area contributed by atoms with Gasteiger partial charge in [-0.2, -0.15) is 0 Å². The van der Waals surface area contributed by atoms with E-state index in [9.17, 15) is 4.79 Å². The van der Waals surface area contributed by atoms with Crippen molar-refractivity contribution in [3.8, 4) is 0 Å². The Hall–Kier alpha value is -0.850. The van der Waals surface area contributed by atoms with Crippen LogP contribution in [0.1, 0.15) is 151 Å². The molecular formula is C32H66N2O4. The van der Waals surface area contributed by atoms with Crippen LogP contribution in [-0.4, -0.2) is 62.3 Å². The predicted molar refractivity (Wildman–Crippen MR) is 162 cm³/mol. The maximum absolute atomic E-state index is 12.8. The predicted octanol–water partition coefficient (Wildman–Crippen LogP) is 8.86. The summed E-state index contributed by atoms with van der Waals surface area (Å²) in [6.45, 7) is 15.5. The number of amides is 1. The van der Waals surface area contributed by atoms with E-state index in [0.29, 0.717) is 0 Å². The van der Waals surface area contributed by atoms with Gasteiger partial charge in [0, 0.05) is 13.7 Å². The monoisotopic (exact) mass is 543 g/mol. The molecule has 0 aliphatic heterocycles. The number of rotatable bonds is 26. The van der Waals surface area contributed by atoms with Crippen LogP contribution in [0.25, 0.3) is 0 Å². The fourth-order valence-electron chi connectivity index (χ4n) is 4.79. The molecule has 2 atom stereocenters. The lowest BCUT2D eigenvalue weighted by molar-refractivity contribution is -0.0895. The number of nitrogens with one attached hydrogen (secondary N) is 1. The van der Waals surface area contributed by atoms with E-state index in [-0.39, 0.29) is 25.0 Å². The van der Waals surface area contributed by atoms with E-state index in [1.807, 2.05) is 20.8 Å².